The van der Waals surface area contributed by atoms with Gasteiger partial charge in [-0.05, 0) is 24.8 Å². The molecule has 0 aromatic carbocycles. The molecule has 0 aromatic heterocycles. The maximum atomic E-state index is 11.7. The first-order chi connectivity index (χ1) is 7.49. The molecule has 0 heterocycles. The summed E-state index contributed by atoms with van der Waals surface area (Å²) in [6.07, 6.45) is 5.98. The third-order valence-electron chi connectivity index (χ3n) is 3.30. The number of carboxylic acids is 1. The van der Waals surface area contributed by atoms with Crippen LogP contribution in [-0.4, -0.2) is 11.8 Å². The lowest BCUT2D eigenvalue weighted by Crippen LogP contribution is -2.30. The molecule has 1 rings (SSSR count). The van der Waals surface area contributed by atoms with E-state index in [-0.39, 0.29) is 12.2 Å². The summed E-state index contributed by atoms with van der Waals surface area (Å²) in [5.41, 5.74) is 0.217. The number of carbonyl (C=O) groups excluding carboxylic acids is 2. The quantitative estimate of drug-likeness (QED) is 0.525. The zero-order valence-electron chi connectivity index (χ0n) is 10.0. The smallest absolute Gasteiger partial charge is 0.159 e. The van der Waals surface area contributed by atoms with Gasteiger partial charge in [0.1, 0.15) is 0 Å². The molecule has 1 atom stereocenters. The molecule has 0 N–H and O–H groups in total. The van der Waals surface area contributed by atoms with Crippen molar-refractivity contribution in [2.75, 3.05) is 0 Å². The van der Waals surface area contributed by atoms with Crippen LogP contribution in [0.1, 0.15) is 52.4 Å². The largest absolute Gasteiger partial charge is 0.550 e. The van der Waals surface area contributed by atoms with Crippen molar-refractivity contribution >= 4 is 11.8 Å². The van der Waals surface area contributed by atoms with E-state index in [4.69, 9.17) is 0 Å². The molecule has 0 bridgehead atoms. The van der Waals surface area contributed by atoms with Gasteiger partial charge >= 0.3 is 0 Å². The molecule has 1 saturated carbocycles. The van der Waals surface area contributed by atoms with E-state index in [1.54, 1.807) is 0 Å². The van der Waals surface area contributed by atoms with Crippen LogP contribution in [0.3, 0.4) is 0 Å². The number of carboxylic acid groups (broad SMARTS) is 1. The average molecular weight is 223 g/mol. The van der Waals surface area contributed by atoms with Crippen molar-refractivity contribution in [3.8, 4) is 0 Å². The Hall–Kier alpha value is -1.12. The van der Waals surface area contributed by atoms with Crippen LogP contribution in [0.25, 0.3) is 0 Å². The van der Waals surface area contributed by atoms with Crippen LogP contribution in [-0.2, 0) is 9.59 Å². The first-order valence-electron chi connectivity index (χ1n) is 5.93. The third kappa shape index (κ3) is 2.94. The monoisotopic (exact) mass is 223 g/mol. The fourth-order valence-corrected chi connectivity index (χ4v) is 2.31. The fourth-order valence-electron chi connectivity index (χ4n) is 2.31. The number of hydrogen-bond donors (Lipinski definition) is 0. The molecule has 0 amide bonds. The highest BCUT2D eigenvalue weighted by Crippen LogP contribution is 2.43. The summed E-state index contributed by atoms with van der Waals surface area (Å²) < 4.78 is 0. The summed E-state index contributed by atoms with van der Waals surface area (Å²) in [7, 11) is 0. The van der Waals surface area contributed by atoms with Crippen molar-refractivity contribution in [2.24, 2.45) is 5.41 Å². The molecule has 0 spiro atoms. The van der Waals surface area contributed by atoms with E-state index in [9.17, 15) is 14.7 Å². The highest BCUT2D eigenvalue weighted by atomic mass is 16.4. The third-order valence-corrected chi connectivity index (χ3v) is 3.30. The highest BCUT2D eigenvalue weighted by Gasteiger charge is 2.38. The van der Waals surface area contributed by atoms with Gasteiger partial charge in [-0.2, -0.15) is 0 Å². The summed E-state index contributed by atoms with van der Waals surface area (Å²) in [5, 5.41) is 10.7. The van der Waals surface area contributed by atoms with Gasteiger partial charge in [-0.25, -0.2) is 0 Å². The lowest BCUT2D eigenvalue weighted by Gasteiger charge is -2.25. The van der Waals surface area contributed by atoms with Gasteiger partial charge in [0.05, 0.1) is 0 Å². The molecule has 1 unspecified atom stereocenters. The van der Waals surface area contributed by atoms with E-state index in [0.717, 1.165) is 19.3 Å². The van der Waals surface area contributed by atoms with Crippen LogP contribution in [0.2, 0.25) is 0 Å². The van der Waals surface area contributed by atoms with Crippen LogP contribution in [0, 0.1) is 5.41 Å². The van der Waals surface area contributed by atoms with Gasteiger partial charge in [-0.15, -0.1) is 0 Å². The summed E-state index contributed by atoms with van der Waals surface area (Å²) in [6, 6.07) is 0. The Balaban J connectivity index is 2.79. The summed E-state index contributed by atoms with van der Waals surface area (Å²) in [6.45, 7) is 3.95. The van der Waals surface area contributed by atoms with Gasteiger partial charge in [0.15, 0.2) is 5.78 Å². The van der Waals surface area contributed by atoms with Crippen LogP contribution in [0.4, 0.5) is 0 Å². The number of aliphatic carboxylic acids is 1. The van der Waals surface area contributed by atoms with E-state index in [1.807, 2.05) is 13.0 Å². The molecule has 1 fully saturated rings. The number of ketones is 1. The Morgan fingerprint density at radius 2 is 2.25 bits per heavy atom. The molecule has 0 aromatic rings. The molecule has 0 aliphatic heterocycles. The summed E-state index contributed by atoms with van der Waals surface area (Å²) in [4.78, 5) is 22.4. The number of allylic oxidation sites excluding steroid dienone is 2. The maximum Gasteiger partial charge on any atom is 0.159 e. The predicted octanol–water partition coefficient (Wildman–Crippen LogP) is 1.61. The van der Waals surface area contributed by atoms with Crippen molar-refractivity contribution in [3.05, 3.63) is 11.6 Å². The predicted molar refractivity (Wildman–Crippen MR) is 59.6 cm³/mol. The highest BCUT2D eigenvalue weighted by molar-refractivity contribution is 5.99. The Morgan fingerprint density at radius 1 is 1.56 bits per heavy atom. The molecule has 1 aliphatic rings. The van der Waals surface area contributed by atoms with E-state index < -0.39 is 11.4 Å². The van der Waals surface area contributed by atoms with Crippen molar-refractivity contribution in [3.63, 3.8) is 0 Å². The number of hydrogen-bond acceptors (Lipinski definition) is 3. The molecular formula is C13H19O3-. The number of Topliss-reactive ketones (excluding diaryl/α,β-unsaturated/α-hetero) is 1. The van der Waals surface area contributed by atoms with Gasteiger partial charge in [0.25, 0.3) is 0 Å². The normalized spacial score (nSPS) is 27.6. The minimum absolute atomic E-state index is 0.0449. The lowest BCUT2D eigenvalue weighted by atomic mass is 9.80. The minimum atomic E-state index is -1.07. The van der Waals surface area contributed by atoms with Crippen LogP contribution >= 0.6 is 0 Å². The lowest BCUT2D eigenvalue weighted by molar-refractivity contribution is -0.307. The number of unbranched alkanes of at least 4 members (excludes halogenated alkanes) is 2. The Bertz CT molecular complexity index is 317. The SMILES string of the molecule is CCCC/C=C1/C(=O)CCC1(C)CC(=O)[O-]. The molecule has 90 valence electrons. The van der Waals surface area contributed by atoms with Crippen LogP contribution in [0.5, 0.6) is 0 Å². The van der Waals surface area contributed by atoms with Gasteiger partial charge in [0.2, 0.25) is 0 Å². The zero-order chi connectivity index (χ0) is 12.2. The molecule has 16 heavy (non-hydrogen) atoms. The Kier molecular flexibility index (Phi) is 4.27. The van der Waals surface area contributed by atoms with Crippen molar-refractivity contribution < 1.29 is 14.7 Å². The standard InChI is InChI=1S/C13H20O3/c1-3-4-5-6-10-11(14)7-8-13(10,2)9-12(15)16/h6H,3-5,7-9H2,1-2H3,(H,15,16)/p-1/b10-6-. The Morgan fingerprint density at radius 3 is 2.81 bits per heavy atom. The molecule has 3 heteroatoms. The second-order valence-electron chi connectivity index (χ2n) is 4.79. The van der Waals surface area contributed by atoms with E-state index in [2.05, 4.69) is 6.92 Å². The van der Waals surface area contributed by atoms with Gasteiger partial charge in [-0.1, -0.05) is 32.8 Å². The summed E-state index contributed by atoms with van der Waals surface area (Å²) in [5.74, 6) is -0.960. The molecule has 0 saturated heterocycles. The van der Waals surface area contributed by atoms with Gasteiger partial charge < -0.3 is 9.90 Å². The zero-order valence-corrected chi connectivity index (χ0v) is 10.0. The number of carbonyl (C=O) groups is 2. The molecular weight excluding hydrogens is 204 g/mol. The minimum Gasteiger partial charge on any atom is -0.550 e. The molecule has 0 radical (unpaired) electrons. The summed E-state index contributed by atoms with van der Waals surface area (Å²) >= 11 is 0. The molecule has 1 aliphatic carbocycles. The van der Waals surface area contributed by atoms with E-state index in [0.29, 0.717) is 18.4 Å². The van der Waals surface area contributed by atoms with Gasteiger partial charge in [-0.3, -0.25) is 4.79 Å². The Labute approximate surface area is 96.5 Å². The second-order valence-corrected chi connectivity index (χ2v) is 4.79. The van der Waals surface area contributed by atoms with Crippen LogP contribution in [0.15, 0.2) is 11.6 Å². The molecule has 3 nitrogen and oxygen atoms in total. The van der Waals surface area contributed by atoms with E-state index in [1.165, 1.54) is 0 Å². The fraction of sp³-hybridized carbons (Fsp3) is 0.692. The van der Waals surface area contributed by atoms with Crippen molar-refractivity contribution in [1.82, 2.24) is 0 Å². The second kappa shape index (κ2) is 5.28. The topological polar surface area (TPSA) is 57.2 Å². The number of rotatable bonds is 5. The average Bonchev–Trinajstić information content (AvgIpc) is 2.44. The van der Waals surface area contributed by atoms with E-state index >= 15 is 0 Å². The first kappa shape index (κ1) is 12.9. The maximum absolute atomic E-state index is 11.7. The van der Waals surface area contributed by atoms with Crippen molar-refractivity contribution in [2.45, 2.75) is 52.4 Å². The van der Waals surface area contributed by atoms with Crippen molar-refractivity contribution in [1.29, 1.82) is 0 Å². The van der Waals surface area contributed by atoms with Crippen LogP contribution < -0.4 is 5.11 Å². The first-order valence-corrected chi connectivity index (χ1v) is 5.93. The van der Waals surface area contributed by atoms with Gasteiger partial charge in [0, 0.05) is 17.8 Å².